The van der Waals surface area contributed by atoms with Gasteiger partial charge in [-0.1, -0.05) is 6.07 Å². The molecule has 2 heterocycles. The predicted molar refractivity (Wildman–Crippen MR) is 84.1 cm³/mol. The Morgan fingerprint density at radius 3 is 2.43 bits per heavy atom. The van der Waals surface area contributed by atoms with E-state index < -0.39 is 11.2 Å². The zero-order valence-electron chi connectivity index (χ0n) is 13.3. The highest BCUT2D eigenvalue weighted by molar-refractivity contribution is 6.46. The first-order chi connectivity index (χ1) is 9.79. The lowest BCUT2D eigenvalue weighted by Crippen LogP contribution is -2.49. The molecule has 0 aromatic carbocycles. The van der Waals surface area contributed by atoms with Crippen LogP contribution in [0, 0.1) is 0 Å². The highest BCUT2D eigenvalue weighted by Crippen LogP contribution is 2.24. The van der Waals surface area contributed by atoms with E-state index in [2.05, 4.69) is 9.88 Å². The average molecular weight is 291 g/mol. The zero-order valence-corrected chi connectivity index (χ0v) is 13.3. The summed E-state index contributed by atoms with van der Waals surface area (Å²) in [5.41, 5.74) is -0.718. The van der Waals surface area contributed by atoms with Crippen LogP contribution in [0.25, 0.3) is 0 Å². The van der Waals surface area contributed by atoms with E-state index in [9.17, 15) is 5.11 Å². The van der Waals surface area contributed by atoms with Crippen molar-refractivity contribution in [2.45, 2.75) is 38.9 Å². The summed E-state index contributed by atoms with van der Waals surface area (Å²) < 4.78 is 11.1. The van der Waals surface area contributed by atoms with Gasteiger partial charge in [0, 0.05) is 19.3 Å². The summed E-state index contributed by atoms with van der Waals surface area (Å²) in [6.45, 7) is 10.4. The van der Waals surface area contributed by atoms with Crippen LogP contribution in [-0.4, -0.2) is 55.1 Å². The molecule has 1 saturated heterocycles. The van der Waals surface area contributed by atoms with Crippen LogP contribution in [0.2, 0.25) is 0 Å². The SMILES string of the molecule is CC(C)(O)C(C)(C)O[B]c1ccc(N2CCOCC2)nc1. The van der Waals surface area contributed by atoms with Crippen LogP contribution in [0.1, 0.15) is 27.7 Å². The Morgan fingerprint density at radius 1 is 1.24 bits per heavy atom. The molecule has 5 nitrogen and oxygen atoms in total. The van der Waals surface area contributed by atoms with Crippen LogP contribution in [0.15, 0.2) is 18.3 Å². The minimum absolute atomic E-state index is 0.671. The first kappa shape index (κ1) is 16.3. The van der Waals surface area contributed by atoms with E-state index in [1.165, 1.54) is 0 Å². The predicted octanol–water partition coefficient (Wildman–Crippen LogP) is 0.729. The van der Waals surface area contributed by atoms with E-state index >= 15 is 0 Å². The Balaban J connectivity index is 1.93. The third-order valence-corrected chi connectivity index (χ3v) is 4.07. The lowest BCUT2D eigenvalue weighted by Gasteiger charge is -2.37. The number of hydrogen-bond donors (Lipinski definition) is 1. The van der Waals surface area contributed by atoms with Crippen molar-refractivity contribution in [2.24, 2.45) is 0 Å². The fourth-order valence-electron chi connectivity index (χ4n) is 1.81. The Labute approximate surface area is 127 Å². The van der Waals surface area contributed by atoms with Gasteiger partial charge in [0.25, 0.3) is 0 Å². The molecule has 0 amide bonds. The number of aliphatic hydroxyl groups is 1. The van der Waals surface area contributed by atoms with Gasteiger partial charge in [-0.2, -0.15) is 0 Å². The molecule has 21 heavy (non-hydrogen) atoms. The fraction of sp³-hybridized carbons (Fsp3) is 0.667. The largest absolute Gasteiger partial charge is 0.427 e. The van der Waals surface area contributed by atoms with Crippen molar-refractivity contribution in [2.75, 3.05) is 31.2 Å². The molecule has 6 heteroatoms. The van der Waals surface area contributed by atoms with Crippen LogP contribution < -0.4 is 10.4 Å². The van der Waals surface area contributed by atoms with Crippen LogP contribution in [0.5, 0.6) is 0 Å². The quantitative estimate of drug-likeness (QED) is 0.811. The molecule has 1 radical (unpaired) electrons. The van der Waals surface area contributed by atoms with Gasteiger partial charge in [-0.05, 0) is 39.2 Å². The summed E-state index contributed by atoms with van der Waals surface area (Å²) >= 11 is 0. The van der Waals surface area contributed by atoms with Gasteiger partial charge < -0.3 is 19.4 Å². The normalized spacial score (nSPS) is 16.9. The van der Waals surface area contributed by atoms with Crippen molar-refractivity contribution < 1.29 is 14.5 Å². The lowest BCUT2D eigenvalue weighted by atomic mass is 9.83. The number of rotatable bonds is 5. The van der Waals surface area contributed by atoms with Gasteiger partial charge in [0.15, 0.2) is 0 Å². The molecular weight excluding hydrogens is 267 g/mol. The lowest BCUT2D eigenvalue weighted by molar-refractivity contribution is -0.0893. The molecular formula is C15H24BN2O3. The molecule has 1 fully saturated rings. The second-order valence-corrected chi connectivity index (χ2v) is 6.35. The fourth-order valence-corrected chi connectivity index (χ4v) is 1.81. The second kappa shape index (κ2) is 6.34. The molecule has 0 bridgehead atoms. The maximum Gasteiger partial charge on any atom is 0.332 e. The highest BCUT2D eigenvalue weighted by atomic mass is 16.5. The van der Waals surface area contributed by atoms with Gasteiger partial charge in [0.05, 0.1) is 24.4 Å². The van der Waals surface area contributed by atoms with E-state index in [1.54, 1.807) is 27.5 Å². The Bertz CT molecular complexity index is 451. The van der Waals surface area contributed by atoms with Crippen LogP contribution in [0.3, 0.4) is 0 Å². The molecule has 0 saturated carbocycles. The molecule has 1 N–H and O–H groups in total. The summed E-state index contributed by atoms with van der Waals surface area (Å²) in [6.07, 6.45) is 1.78. The van der Waals surface area contributed by atoms with Gasteiger partial charge in [0.1, 0.15) is 5.82 Å². The van der Waals surface area contributed by atoms with Gasteiger partial charge in [0.2, 0.25) is 0 Å². The average Bonchev–Trinajstić information content (AvgIpc) is 2.45. The molecule has 0 unspecified atom stereocenters. The maximum atomic E-state index is 10.1. The van der Waals surface area contributed by atoms with Crippen molar-refractivity contribution >= 4 is 18.8 Å². The molecule has 0 spiro atoms. The van der Waals surface area contributed by atoms with Crippen molar-refractivity contribution in [3.8, 4) is 0 Å². The molecule has 1 aromatic heterocycles. The Morgan fingerprint density at radius 2 is 1.90 bits per heavy atom. The van der Waals surface area contributed by atoms with Crippen molar-refractivity contribution in [1.29, 1.82) is 0 Å². The van der Waals surface area contributed by atoms with Crippen LogP contribution in [-0.2, 0) is 9.39 Å². The first-order valence-corrected chi connectivity index (χ1v) is 7.32. The zero-order chi connectivity index (χ0) is 15.5. The molecule has 1 aliphatic heterocycles. The van der Waals surface area contributed by atoms with E-state index in [4.69, 9.17) is 9.39 Å². The maximum absolute atomic E-state index is 10.1. The number of nitrogens with zero attached hydrogens (tertiary/aromatic N) is 2. The standard InChI is InChI=1S/C15H24BN2O3/c1-14(2,19)15(3,4)21-16-12-5-6-13(17-11-12)18-7-9-20-10-8-18/h5-6,11,19H,7-10H2,1-4H3. The van der Waals surface area contributed by atoms with E-state index in [1.807, 2.05) is 26.0 Å². The molecule has 1 aliphatic rings. The monoisotopic (exact) mass is 291 g/mol. The molecule has 115 valence electrons. The van der Waals surface area contributed by atoms with Gasteiger partial charge in [-0.25, -0.2) is 4.98 Å². The summed E-state index contributed by atoms with van der Waals surface area (Å²) in [5, 5.41) is 10.1. The highest BCUT2D eigenvalue weighted by Gasteiger charge is 2.35. The topological polar surface area (TPSA) is 54.8 Å². The summed E-state index contributed by atoms with van der Waals surface area (Å²) in [5.74, 6) is 0.956. The third-order valence-electron chi connectivity index (χ3n) is 4.07. The molecule has 0 atom stereocenters. The smallest absolute Gasteiger partial charge is 0.332 e. The summed E-state index contributed by atoms with van der Waals surface area (Å²) in [4.78, 5) is 6.67. The third kappa shape index (κ3) is 4.19. The van der Waals surface area contributed by atoms with Crippen molar-refractivity contribution in [3.63, 3.8) is 0 Å². The summed E-state index contributed by atoms with van der Waals surface area (Å²) in [6, 6.07) is 3.95. The number of pyridine rings is 1. The van der Waals surface area contributed by atoms with E-state index in [0.29, 0.717) is 0 Å². The first-order valence-electron chi connectivity index (χ1n) is 7.32. The number of aromatic nitrogens is 1. The number of anilines is 1. The van der Waals surface area contributed by atoms with Gasteiger partial charge in [-0.15, -0.1) is 0 Å². The van der Waals surface area contributed by atoms with Gasteiger partial charge >= 0.3 is 7.48 Å². The van der Waals surface area contributed by atoms with E-state index in [-0.39, 0.29) is 0 Å². The van der Waals surface area contributed by atoms with Crippen molar-refractivity contribution in [3.05, 3.63) is 18.3 Å². The van der Waals surface area contributed by atoms with E-state index in [0.717, 1.165) is 37.6 Å². The number of morpholine rings is 1. The van der Waals surface area contributed by atoms with Crippen LogP contribution >= 0.6 is 0 Å². The van der Waals surface area contributed by atoms with Crippen molar-refractivity contribution in [1.82, 2.24) is 4.98 Å². The minimum Gasteiger partial charge on any atom is -0.427 e. The Hall–Kier alpha value is -1.11. The number of hydrogen-bond acceptors (Lipinski definition) is 5. The number of ether oxygens (including phenoxy) is 1. The van der Waals surface area contributed by atoms with Gasteiger partial charge in [-0.3, -0.25) is 0 Å². The second-order valence-electron chi connectivity index (χ2n) is 6.35. The molecule has 0 aliphatic carbocycles. The Kier molecular flexibility index (Phi) is 4.91. The molecule has 2 rings (SSSR count). The summed E-state index contributed by atoms with van der Waals surface area (Å²) in [7, 11) is 1.65. The molecule has 1 aromatic rings. The van der Waals surface area contributed by atoms with Crippen LogP contribution in [0.4, 0.5) is 5.82 Å². The minimum atomic E-state index is -0.926.